The molecule has 0 unspecified atom stereocenters. The van der Waals surface area contributed by atoms with Crippen LogP contribution in [0.25, 0.3) is 0 Å². The molecular formula is C10H8ClNO4S. The average molecular weight is 274 g/mol. The minimum absolute atomic E-state index is 0.0154. The number of rotatable bonds is 2. The first-order valence-electron chi connectivity index (χ1n) is 4.77. The van der Waals surface area contributed by atoms with Crippen LogP contribution in [0.2, 0.25) is 0 Å². The molecule has 1 aromatic carbocycles. The minimum atomic E-state index is -3.56. The minimum Gasteiger partial charge on any atom is -0.276 e. The van der Waals surface area contributed by atoms with E-state index in [9.17, 15) is 18.0 Å². The highest BCUT2D eigenvalue weighted by molar-refractivity contribution is 7.94. The molecule has 0 N–H and O–H groups in total. The van der Waals surface area contributed by atoms with E-state index in [2.05, 4.69) is 0 Å². The van der Waals surface area contributed by atoms with E-state index in [0.717, 1.165) is 4.31 Å². The van der Waals surface area contributed by atoms with Gasteiger partial charge in [0.1, 0.15) is 0 Å². The molecule has 0 atom stereocenters. The van der Waals surface area contributed by atoms with Crippen LogP contribution >= 0.6 is 11.6 Å². The third kappa shape index (κ3) is 2.18. The summed E-state index contributed by atoms with van der Waals surface area (Å²) in [7, 11) is -3.56. The molecule has 1 aliphatic heterocycles. The van der Waals surface area contributed by atoms with Crippen LogP contribution in [-0.2, 0) is 14.8 Å². The van der Waals surface area contributed by atoms with Gasteiger partial charge in [0.25, 0.3) is 5.24 Å². The quantitative estimate of drug-likeness (QED) is 0.758. The van der Waals surface area contributed by atoms with Crippen molar-refractivity contribution < 1.29 is 18.0 Å². The predicted molar refractivity (Wildman–Crippen MR) is 62.5 cm³/mol. The van der Waals surface area contributed by atoms with Crippen molar-refractivity contribution in [2.45, 2.75) is 6.42 Å². The van der Waals surface area contributed by atoms with Crippen molar-refractivity contribution in [3.8, 4) is 0 Å². The summed E-state index contributed by atoms with van der Waals surface area (Å²) in [5.41, 5.74) is 0.480. The lowest BCUT2D eigenvalue weighted by Crippen LogP contribution is -2.29. The number of benzene rings is 1. The molecule has 1 aliphatic rings. The SMILES string of the molecule is O=C(Cl)c1ccc(N2C(=O)CCS2(=O)=O)cc1. The molecule has 1 fully saturated rings. The monoisotopic (exact) mass is 273 g/mol. The lowest BCUT2D eigenvalue weighted by Gasteiger charge is -2.14. The molecule has 0 aromatic heterocycles. The van der Waals surface area contributed by atoms with Crippen LogP contribution in [0.4, 0.5) is 5.69 Å². The summed E-state index contributed by atoms with van der Waals surface area (Å²) in [5, 5.41) is -0.632. The molecule has 1 saturated heterocycles. The summed E-state index contributed by atoms with van der Waals surface area (Å²) >= 11 is 5.26. The number of anilines is 1. The Balaban J connectivity index is 2.41. The number of halogens is 1. The normalized spacial score (nSPS) is 18.4. The lowest BCUT2D eigenvalue weighted by atomic mass is 10.2. The van der Waals surface area contributed by atoms with E-state index >= 15 is 0 Å². The summed E-state index contributed by atoms with van der Waals surface area (Å²) < 4.78 is 24.0. The van der Waals surface area contributed by atoms with E-state index < -0.39 is 21.2 Å². The fraction of sp³-hybridized carbons (Fsp3) is 0.200. The van der Waals surface area contributed by atoms with Crippen molar-refractivity contribution in [3.63, 3.8) is 0 Å². The maximum absolute atomic E-state index is 11.6. The van der Waals surface area contributed by atoms with Crippen LogP contribution in [0.1, 0.15) is 16.8 Å². The predicted octanol–water partition coefficient (Wildman–Crippen LogP) is 1.13. The highest BCUT2D eigenvalue weighted by atomic mass is 35.5. The second kappa shape index (κ2) is 4.12. The van der Waals surface area contributed by atoms with Gasteiger partial charge in [-0.05, 0) is 35.9 Å². The zero-order valence-electron chi connectivity index (χ0n) is 8.59. The third-order valence-corrected chi connectivity index (χ3v) is 4.32. The Hall–Kier alpha value is -1.40. The van der Waals surface area contributed by atoms with E-state index in [1.165, 1.54) is 24.3 Å². The van der Waals surface area contributed by atoms with Crippen LogP contribution in [0.5, 0.6) is 0 Å². The van der Waals surface area contributed by atoms with Crippen LogP contribution in [0.3, 0.4) is 0 Å². The largest absolute Gasteiger partial charge is 0.276 e. The molecular weight excluding hydrogens is 266 g/mol. The smallest absolute Gasteiger partial charge is 0.252 e. The van der Waals surface area contributed by atoms with Crippen molar-refractivity contribution >= 4 is 38.5 Å². The second-order valence-electron chi connectivity index (χ2n) is 3.54. The highest BCUT2D eigenvalue weighted by Gasteiger charge is 2.36. The first-order chi connectivity index (χ1) is 7.92. The Morgan fingerprint density at radius 1 is 1.24 bits per heavy atom. The van der Waals surface area contributed by atoms with Crippen molar-refractivity contribution in [3.05, 3.63) is 29.8 Å². The van der Waals surface area contributed by atoms with Crippen molar-refractivity contribution in [1.29, 1.82) is 0 Å². The van der Waals surface area contributed by atoms with Gasteiger partial charge in [-0.15, -0.1) is 0 Å². The van der Waals surface area contributed by atoms with Gasteiger partial charge in [0.05, 0.1) is 11.4 Å². The van der Waals surface area contributed by atoms with Crippen molar-refractivity contribution in [1.82, 2.24) is 0 Å². The summed E-state index contributed by atoms with van der Waals surface area (Å²) in [6, 6.07) is 5.53. The summed E-state index contributed by atoms with van der Waals surface area (Å²) in [6.07, 6.45) is -0.0154. The molecule has 0 spiro atoms. The average Bonchev–Trinajstić information content (AvgIpc) is 2.53. The zero-order chi connectivity index (χ0) is 12.6. The first kappa shape index (κ1) is 12.1. The van der Waals surface area contributed by atoms with Crippen LogP contribution in [0.15, 0.2) is 24.3 Å². The molecule has 90 valence electrons. The fourth-order valence-corrected chi connectivity index (χ4v) is 3.18. The Bertz CT molecular complexity index is 579. The number of amides is 1. The standard InChI is InChI=1S/C10H8ClNO4S/c11-10(14)7-1-3-8(4-2-7)12-9(13)5-6-17(12,15)16/h1-4H,5-6H2. The molecule has 1 heterocycles. The molecule has 0 radical (unpaired) electrons. The van der Waals surface area contributed by atoms with Gasteiger partial charge < -0.3 is 0 Å². The van der Waals surface area contributed by atoms with Gasteiger partial charge in [-0.3, -0.25) is 9.59 Å². The van der Waals surface area contributed by atoms with Gasteiger partial charge in [0, 0.05) is 12.0 Å². The molecule has 7 heteroatoms. The first-order valence-corrected chi connectivity index (χ1v) is 6.76. The van der Waals surface area contributed by atoms with E-state index in [1.54, 1.807) is 0 Å². The Morgan fingerprint density at radius 3 is 2.24 bits per heavy atom. The van der Waals surface area contributed by atoms with E-state index in [-0.39, 0.29) is 23.4 Å². The van der Waals surface area contributed by atoms with Gasteiger partial charge in [0.2, 0.25) is 15.9 Å². The molecule has 5 nitrogen and oxygen atoms in total. The van der Waals surface area contributed by atoms with Gasteiger partial charge >= 0.3 is 0 Å². The van der Waals surface area contributed by atoms with Gasteiger partial charge in [-0.1, -0.05) is 0 Å². The number of hydrogen-bond acceptors (Lipinski definition) is 4. The van der Waals surface area contributed by atoms with E-state index in [0.29, 0.717) is 0 Å². The fourth-order valence-electron chi connectivity index (χ4n) is 1.60. The molecule has 1 aromatic rings. The topological polar surface area (TPSA) is 71.5 Å². The van der Waals surface area contributed by atoms with Gasteiger partial charge in [-0.2, -0.15) is 0 Å². The van der Waals surface area contributed by atoms with Gasteiger partial charge in [0.15, 0.2) is 0 Å². The molecule has 0 saturated carbocycles. The Kier molecular flexibility index (Phi) is 2.92. The number of nitrogens with zero attached hydrogens (tertiary/aromatic N) is 1. The molecule has 2 rings (SSSR count). The summed E-state index contributed by atoms with van der Waals surface area (Å²) in [5.74, 6) is -0.642. The number of carbonyl (C=O) groups is 2. The maximum atomic E-state index is 11.6. The molecule has 0 bridgehead atoms. The van der Waals surface area contributed by atoms with Crippen molar-refractivity contribution in [2.75, 3.05) is 10.1 Å². The van der Waals surface area contributed by atoms with Crippen molar-refractivity contribution in [2.24, 2.45) is 0 Å². The number of hydrogen-bond donors (Lipinski definition) is 0. The molecule has 17 heavy (non-hydrogen) atoms. The van der Waals surface area contributed by atoms with E-state index in [4.69, 9.17) is 11.6 Å². The lowest BCUT2D eigenvalue weighted by molar-refractivity contribution is -0.116. The van der Waals surface area contributed by atoms with E-state index in [1.807, 2.05) is 0 Å². The Morgan fingerprint density at radius 2 is 1.82 bits per heavy atom. The number of sulfonamides is 1. The summed E-state index contributed by atoms with van der Waals surface area (Å²) in [4.78, 5) is 22.3. The molecule has 0 aliphatic carbocycles. The van der Waals surface area contributed by atoms with Crippen LogP contribution < -0.4 is 4.31 Å². The van der Waals surface area contributed by atoms with Crippen LogP contribution in [-0.4, -0.2) is 25.3 Å². The summed E-state index contributed by atoms with van der Waals surface area (Å²) in [6.45, 7) is 0. The Labute approximate surface area is 103 Å². The second-order valence-corrected chi connectivity index (χ2v) is 5.83. The van der Waals surface area contributed by atoms with Gasteiger partial charge in [-0.25, -0.2) is 12.7 Å². The maximum Gasteiger partial charge on any atom is 0.252 e. The third-order valence-electron chi connectivity index (χ3n) is 2.41. The number of carbonyl (C=O) groups excluding carboxylic acids is 2. The molecule has 1 amide bonds. The zero-order valence-corrected chi connectivity index (χ0v) is 10.2. The highest BCUT2D eigenvalue weighted by Crippen LogP contribution is 2.25. The van der Waals surface area contributed by atoms with Crippen LogP contribution in [0, 0.1) is 0 Å².